The van der Waals surface area contributed by atoms with E-state index in [9.17, 15) is 9.59 Å². The summed E-state index contributed by atoms with van der Waals surface area (Å²) in [6, 6.07) is 5.95. The summed E-state index contributed by atoms with van der Waals surface area (Å²) in [4.78, 5) is 23.8. The number of para-hydroxylation sites is 1. The molecule has 23 heavy (non-hydrogen) atoms. The van der Waals surface area contributed by atoms with E-state index in [1.807, 2.05) is 31.2 Å². The highest BCUT2D eigenvalue weighted by Gasteiger charge is 2.17. The van der Waals surface area contributed by atoms with E-state index in [0.29, 0.717) is 12.3 Å². The molecular formula is C19H25NO3. The Hall–Kier alpha value is -2.10. The average Bonchev–Trinajstić information content (AvgIpc) is 3.00. The lowest BCUT2D eigenvalue weighted by molar-refractivity contribution is -0.147. The molecule has 0 fully saturated rings. The quantitative estimate of drug-likeness (QED) is 0.638. The SMILES string of the molecule is Cc1cccc(C(C)C)c1NC(=O)COC(=O)C[C@H]1C=CCC1. The minimum absolute atomic E-state index is 0.235. The van der Waals surface area contributed by atoms with Gasteiger partial charge in [0.05, 0.1) is 6.42 Å². The Morgan fingerprint density at radius 2 is 2.13 bits per heavy atom. The van der Waals surface area contributed by atoms with Crippen LogP contribution in [-0.2, 0) is 14.3 Å². The fourth-order valence-electron chi connectivity index (χ4n) is 2.80. The first kappa shape index (κ1) is 17.3. The summed E-state index contributed by atoms with van der Waals surface area (Å²) in [5.74, 6) is -0.0431. The van der Waals surface area contributed by atoms with Crippen LogP contribution in [0, 0.1) is 12.8 Å². The summed E-state index contributed by atoms with van der Waals surface area (Å²) >= 11 is 0. The Labute approximate surface area is 137 Å². The number of anilines is 1. The molecule has 1 aliphatic rings. The monoisotopic (exact) mass is 315 g/mol. The number of rotatable bonds is 6. The molecule has 1 atom stereocenters. The van der Waals surface area contributed by atoms with Crippen molar-refractivity contribution in [3.05, 3.63) is 41.5 Å². The van der Waals surface area contributed by atoms with Crippen LogP contribution < -0.4 is 5.32 Å². The first-order valence-corrected chi connectivity index (χ1v) is 8.19. The van der Waals surface area contributed by atoms with E-state index in [1.165, 1.54) is 0 Å². The van der Waals surface area contributed by atoms with Crippen LogP contribution in [-0.4, -0.2) is 18.5 Å². The maximum atomic E-state index is 12.1. The van der Waals surface area contributed by atoms with Gasteiger partial charge in [0.1, 0.15) is 0 Å². The second kappa shape index (κ2) is 7.95. The minimum Gasteiger partial charge on any atom is -0.456 e. The molecule has 0 radical (unpaired) electrons. The van der Waals surface area contributed by atoms with Crippen LogP contribution in [0.3, 0.4) is 0 Å². The standard InChI is InChI=1S/C19H25NO3/c1-13(2)16-10-6-7-14(3)19(16)20-17(21)12-23-18(22)11-15-8-4-5-9-15/h4,6-8,10,13,15H,5,9,11-12H2,1-3H3,(H,20,21)/t15-/m0/s1. The number of hydrogen-bond acceptors (Lipinski definition) is 3. The van der Waals surface area contributed by atoms with Crippen molar-refractivity contribution in [2.24, 2.45) is 5.92 Å². The Bertz CT molecular complexity index is 605. The van der Waals surface area contributed by atoms with Gasteiger partial charge in [0, 0.05) is 5.69 Å². The summed E-state index contributed by atoms with van der Waals surface area (Å²) in [7, 11) is 0. The third-order valence-corrected chi connectivity index (χ3v) is 4.10. The molecule has 1 amide bonds. The molecule has 0 spiro atoms. The molecule has 4 heteroatoms. The van der Waals surface area contributed by atoms with Gasteiger partial charge in [0.2, 0.25) is 0 Å². The molecule has 0 bridgehead atoms. The Kier molecular flexibility index (Phi) is 5.97. The molecule has 0 aliphatic heterocycles. The van der Waals surface area contributed by atoms with E-state index >= 15 is 0 Å². The maximum absolute atomic E-state index is 12.1. The largest absolute Gasteiger partial charge is 0.456 e. The number of ether oxygens (including phenoxy) is 1. The summed E-state index contributed by atoms with van der Waals surface area (Å²) < 4.78 is 5.09. The van der Waals surface area contributed by atoms with Gasteiger partial charge in [-0.05, 0) is 42.7 Å². The van der Waals surface area contributed by atoms with Gasteiger partial charge in [0.25, 0.3) is 5.91 Å². The van der Waals surface area contributed by atoms with Crippen molar-refractivity contribution in [2.45, 2.75) is 46.0 Å². The second-order valence-electron chi connectivity index (χ2n) is 6.37. The van der Waals surface area contributed by atoms with Crippen LogP contribution >= 0.6 is 0 Å². The molecule has 0 saturated carbocycles. The molecule has 1 aromatic rings. The first-order valence-electron chi connectivity index (χ1n) is 8.19. The highest BCUT2D eigenvalue weighted by molar-refractivity contribution is 5.94. The molecule has 4 nitrogen and oxygen atoms in total. The summed E-state index contributed by atoms with van der Waals surface area (Å²) in [6.07, 6.45) is 6.48. The molecule has 2 rings (SSSR count). The third-order valence-electron chi connectivity index (χ3n) is 4.10. The van der Waals surface area contributed by atoms with Crippen LogP contribution in [0.5, 0.6) is 0 Å². The van der Waals surface area contributed by atoms with Crippen LogP contribution in [0.25, 0.3) is 0 Å². The predicted molar refractivity (Wildman–Crippen MR) is 91.3 cm³/mol. The van der Waals surface area contributed by atoms with E-state index < -0.39 is 0 Å². The summed E-state index contributed by atoms with van der Waals surface area (Å²) in [5, 5.41) is 2.88. The number of benzene rings is 1. The molecule has 0 saturated heterocycles. The van der Waals surface area contributed by atoms with Gasteiger partial charge in [-0.15, -0.1) is 0 Å². The van der Waals surface area contributed by atoms with E-state index in [2.05, 4.69) is 25.2 Å². The Morgan fingerprint density at radius 1 is 1.35 bits per heavy atom. The van der Waals surface area contributed by atoms with E-state index in [4.69, 9.17) is 4.74 Å². The average molecular weight is 315 g/mol. The van der Waals surface area contributed by atoms with Crippen molar-refractivity contribution < 1.29 is 14.3 Å². The molecular weight excluding hydrogens is 290 g/mol. The van der Waals surface area contributed by atoms with Gasteiger partial charge in [-0.2, -0.15) is 0 Å². The first-order chi connectivity index (χ1) is 11.0. The van der Waals surface area contributed by atoms with E-state index in [0.717, 1.165) is 29.7 Å². The van der Waals surface area contributed by atoms with Gasteiger partial charge < -0.3 is 10.1 Å². The van der Waals surface area contributed by atoms with Crippen LogP contribution in [0.2, 0.25) is 0 Å². The van der Waals surface area contributed by atoms with Gasteiger partial charge in [-0.1, -0.05) is 44.2 Å². The number of esters is 1. The lowest BCUT2D eigenvalue weighted by atomic mass is 9.98. The predicted octanol–water partition coefficient (Wildman–Crippen LogP) is 3.96. The number of aryl methyl sites for hydroxylation is 1. The van der Waals surface area contributed by atoms with E-state index in [1.54, 1.807) is 0 Å². The van der Waals surface area contributed by atoms with Crippen LogP contribution in [0.4, 0.5) is 5.69 Å². The minimum atomic E-state index is -0.314. The molecule has 0 heterocycles. The van der Waals surface area contributed by atoms with Crippen molar-refractivity contribution in [1.82, 2.24) is 0 Å². The third kappa shape index (κ3) is 4.95. The lowest BCUT2D eigenvalue weighted by Crippen LogP contribution is -2.22. The zero-order valence-corrected chi connectivity index (χ0v) is 14.1. The highest BCUT2D eigenvalue weighted by atomic mass is 16.5. The van der Waals surface area contributed by atoms with Crippen molar-refractivity contribution in [3.8, 4) is 0 Å². The van der Waals surface area contributed by atoms with Crippen molar-refractivity contribution in [3.63, 3.8) is 0 Å². The van der Waals surface area contributed by atoms with E-state index in [-0.39, 0.29) is 24.4 Å². The van der Waals surface area contributed by atoms with Gasteiger partial charge >= 0.3 is 5.97 Å². The number of carbonyl (C=O) groups excluding carboxylic acids is 2. The Balaban J connectivity index is 1.87. The zero-order valence-electron chi connectivity index (χ0n) is 14.1. The van der Waals surface area contributed by atoms with Crippen molar-refractivity contribution >= 4 is 17.6 Å². The van der Waals surface area contributed by atoms with Crippen molar-refractivity contribution in [1.29, 1.82) is 0 Å². The lowest BCUT2D eigenvalue weighted by Gasteiger charge is -2.16. The fraction of sp³-hybridized carbons (Fsp3) is 0.474. The number of amides is 1. The molecule has 1 N–H and O–H groups in total. The molecule has 0 aromatic heterocycles. The summed E-state index contributed by atoms with van der Waals surface area (Å²) in [5.41, 5.74) is 2.91. The number of allylic oxidation sites excluding steroid dienone is 2. The fourth-order valence-corrected chi connectivity index (χ4v) is 2.80. The molecule has 0 unspecified atom stereocenters. The van der Waals surface area contributed by atoms with Gasteiger partial charge in [-0.25, -0.2) is 0 Å². The maximum Gasteiger partial charge on any atom is 0.306 e. The molecule has 124 valence electrons. The highest BCUT2D eigenvalue weighted by Crippen LogP contribution is 2.27. The van der Waals surface area contributed by atoms with Crippen molar-refractivity contribution in [2.75, 3.05) is 11.9 Å². The van der Waals surface area contributed by atoms with Crippen LogP contribution in [0.15, 0.2) is 30.4 Å². The van der Waals surface area contributed by atoms with Gasteiger partial charge in [-0.3, -0.25) is 9.59 Å². The zero-order chi connectivity index (χ0) is 16.8. The number of carbonyl (C=O) groups is 2. The molecule has 1 aliphatic carbocycles. The topological polar surface area (TPSA) is 55.4 Å². The number of nitrogens with one attached hydrogen (secondary N) is 1. The van der Waals surface area contributed by atoms with Crippen LogP contribution in [0.1, 0.15) is 50.2 Å². The smallest absolute Gasteiger partial charge is 0.306 e. The number of hydrogen-bond donors (Lipinski definition) is 1. The van der Waals surface area contributed by atoms with Gasteiger partial charge in [0.15, 0.2) is 6.61 Å². The second-order valence-corrected chi connectivity index (χ2v) is 6.37. The summed E-state index contributed by atoms with van der Waals surface area (Å²) in [6.45, 7) is 5.89. The normalized spacial score (nSPS) is 16.6. The Morgan fingerprint density at radius 3 is 2.78 bits per heavy atom. The molecule has 1 aromatic carbocycles.